The SMILES string of the molecule is Cn1c(=O)[nH]c2ncc(-c3cccc(C(=O)NCCNS(=O)(=O)c4ccccc4)c3)cc21. The average Bonchev–Trinajstić information content (AvgIpc) is 3.10. The van der Waals surface area contributed by atoms with E-state index in [0.29, 0.717) is 16.7 Å². The van der Waals surface area contributed by atoms with Crippen LogP contribution in [0.1, 0.15) is 10.4 Å². The number of pyridine rings is 1. The molecule has 0 fully saturated rings. The van der Waals surface area contributed by atoms with Gasteiger partial charge in [0.05, 0.1) is 10.4 Å². The minimum Gasteiger partial charge on any atom is -0.351 e. The number of aromatic amines is 1. The third kappa shape index (κ3) is 4.46. The van der Waals surface area contributed by atoms with Crippen molar-refractivity contribution in [3.8, 4) is 11.1 Å². The van der Waals surface area contributed by atoms with Gasteiger partial charge in [-0.2, -0.15) is 0 Å². The number of hydrogen-bond acceptors (Lipinski definition) is 5. The molecule has 2 aromatic heterocycles. The first-order valence-corrected chi connectivity index (χ1v) is 11.3. The van der Waals surface area contributed by atoms with E-state index in [4.69, 9.17) is 0 Å². The van der Waals surface area contributed by atoms with Crippen molar-refractivity contribution in [2.24, 2.45) is 7.05 Å². The summed E-state index contributed by atoms with van der Waals surface area (Å²) >= 11 is 0. The molecule has 10 heteroatoms. The Balaban J connectivity index is 1.42. The highest BCUT2D eigenvalue weighted by Crippen LogP contribution is 2.22. The number of imidazole rings is 1. The lowest BCUT2D eigenvalue weighted by atomic mass is 10.0. The Kier molecular flexibility index (Phi) is 5.89. The van der Waals surface area contributed by atoms with Crippen molar-refractivity contribution in [3.63, 3.8) is 0 Å². The molecule has 4 aromatic rings. The van der Waals surface area contributed by atoms with E-state index in [1.807, 2.05) is 12.1 Å². The van der Waals surface area contributed by atoms with Gasteiger partial charge in [-0.3, -0.25) is 14.3 Å². The first-order chi connectivity index (χ1) is 15.3. The molecule has 0 aliphatic rings. The van der Waals surface area contributed by atoms with Crippen molar-refractivity contribution in [2.75, 3.05) is 13.1 Å². The normalized spacial score (nSPS) is 11.5. The van der Waals surface area contributed by atoms with E-state index < -0.39 is 10.0 Å². The summed E-state index contributed by atoms with van der Waals surface area (Å²) in [4.78, 5) is 31.4. The first-order valence-electron chi connectivity index (χ1n) is 9.83. The maximum atomic E-state index is 12.5. The number of carbonyl (C=O) groups excluding carboxylic acids is 1. The molecule has 0 aliphatic carbocycles. The molecule has 2 heterocycles. The van der Waals surface area contributed by atoms with Gasteiger partial charge in [0.2, 0.25) is 10.0 Å². The van der Waals surface area contributed by atoms with Crippen LogP contribution in [-0.2, 0) is 17.1 Å². The van der Waals surface area contributed by atoms with Gasteiger partial charge in [0, 0.05) is 37.5 Å². The Hall–Kier alpha value is -3.76. The van der Waals surface area contributed by atoms with Crippen LogP contribution >= 0.6 is 0 Å². The smallest absolute Gasteiger partial charge is 0.327 e. The van der Waals surface area contributed by atoms with Crippen LogP contribution in [0.15, 0.2) is 76.6 Å². The van der Waals surface area contributed by atoms with Crippen LogP contribution in [0.5, 0.6) is 0 Å². The third-order valence-electron chi connectivity index (χ3n) is 4.97. The Morgan fingerprint density at radius 3 is 2.59 bits per heavy atom. The number of fused-ring (bicyclic) bond motifs is 1. The van der Waals surface area contributed by atoms with Crippen LogP contribution in [0.3, 0.4) is 0 Å². The maximum absolute atomic E-state index is 12.5. The number of aryl methyl sites for hydroxylation is 1. The lowest BCUT2D eigenvalue weighted by molar-refractivity contribution is 0.0954. The number of nitrogens with one attached hydrogen (secondary N) is 3. The topological polar surface area (TPSA) is 126 Å². The van der Waals surface area contributed by atoms with Gasteiger partial charge >= 0.3 is 5.69 Å². The van der Waals surface area contributed by atoms with Crippen molar-refractivity contribution >= 4 is 27.1 Å². The minimum absolute atomic E-state index is 0.0603. The predicted molar refractivity (Wildman–Crippen MR) is 121 cm³/mol. The zero-order chi connectivity index (χ0) is 22.7. The Morgan fingerprint density at radius 2 is 1.81 bits per heavy atom. The lowest BCUT2D eigenvalue weighted by Crippen LogP contribution is -2.34. The van der Waals surface area contributed by atoms with E-state index in [1.165, 1.54) is 16.7 Å². The molecule has 0 saturated carbocycles. The number of hydrogen-bond donors (Lipinski definition) is 3. The highest BCUT2D eigenvalue weighted by atomic mass is 32.2. The molecule has 3 N–H and O–H groups in total. The second-order valence-electron chi connectivity index (χ2n) is 7.13. The summed E-state index contributed by atoms with van der Waals surface area (Å²) < 4.78 is 28.4. The van der Waals surface area contributed by atoms with Gasteiger partial charge in [0.1, 0.15) is 0 Å². The number of carbonyl (C=O) groups is 1. The van der Waals surface area contributed by atoms with Gasteiger partial charge in [-0.15, -0.1) is 0 Å². The van der Waals surface area contributed by atoms with Crippen molar-refractivity contribution in [3.05, 3.63) is 82.9 Å². The van der Waals surface area contributed by atoms with Crippen molar-refractivity contribution < 1.29 is 13.2 Å². The van der Waals surface area contributed by atoms with Gasteiger partial charge < -0.3 is 5.32 Å². The highest BCUT2D eigenvalue weighted by Gasteiger charge is 2.13. The Morgan fingerprint density at radius 1 is 1.03 bits per heavy atom. The zero-order valence-corrected chi connectivity index (χ0v) is 18.0. The monoisotopic (exact) mass is 451 g/mol. The summed E-state index contributed by atoms with van der Waals surface area (Å²) in [5, 5.41) is 2.71. The van der Waals surface area contributed by atoms with Crippen LogP contribution in [-0.4, -0.2) is 41.9 Å². The summed E-state index contributed by atoms with van der Waals surface area (Å²) in [5.41, 5.74) is 2.86. The van der Waals surface area contributed by atoms with Gasteiger partial charge in [-0.05, 0) is 35.9 Å². The third-order valence-corrected chi connectivity index (χ3v) is 6.45. The van der Waals surface area contributed by atoms with E-state index in [0.717, 1.165) is 11.1 Å². The summed E-state index contributed by atoms with van der Waals surface area (Å²) in [7, 11) is -1.97. The number of nitrogens with zero attached hydrogens (tertiary/aromatic N) is 2. The van der Waals surface area contributed by atoms with E-state index in [9.17, 15) is 18.0 Å². The van der Waals surface area contributed by atoms with Crippen molar-refractivity contribution in [2.45, 2.75) is 4.90 Å². The molecule has 9 nitrogen and oxygen atoms in total. The molecule has 0 saturated heterocycles. The summed E-state index contributed by atoms with van der Waals surface area (Å²) in [6, 6.07) is 16.9. The molecule has 0 spiro atoms. The van der Waals surface area contributed by atoms with E-state index in [-0.39, 0.29) is 29.6 Å². The highest BCUT2D eigenvalue weighted by molar-refractivity contribution is 7.89. The molecule has 164 valence electrons. The number of sulfonamides is 1. The average molecular weight is 452 g/mol. The van der Waals surface area contributed by atoms with Crippen LogP contribution in [0.2, 0.25) is 0 Å². The zero-order valence-electron chi connectivity index (χ0n) is 17.2. The Labute approximate surface area is 184 Å². The molecule has 0 bridgehead atoms. The fraction of sp³-hybridized carbons (Fsp3) is 0.136. The first kappa shape index (κ1) is 21.5. The number of rotatable bonds is 7. The number of aromatic nitrogens is 3. The van der Waals surface area contributed by atoms with Crippen LogP contribution in [0.4, 0.5) is 0 Å². The van der Waals surface area contributed by atoms with E-state index in [1.54, 1.807) is 49.6 Å². The quantitative estimate of drug-likeness (QED) is 0.368. The number of benzene rings is 2. The second-order valence-corrected chi connectivity index (χ2v) is 8.90. The summed E-state index contributed by atoms with van der Waals surface area (Å²) in [6.07, 6.45) is 1.63. The van der Waals surface area contributed by atoms with Crippen LogP contribution in [0, 0.1) is 0 Å². The second kappa shape index (κ2) is 8.77. The Bertz CT molecular complexity index is 1440. The molecule has 4 rings (SSSR count). The van der Waals surface area contributed by atoms with Gasteiger partial charge in [-0.25, -0.2) is 22.9 Å². The van der Waals surface area contributed by atoms with Crippen LogP contribution in [0.25, 0.3) is 22.3 Å². The fourth-order valence-electron chi connectivity index (χ4n) is 3.24. The van der Waals surface area contributed by atoms with Crippen molar-refractivity contribution in [1.29, 1.82) is 0 Å². The molecule has 0 radical (unpaired) electrons. The van der Waals surface area contributed by atoms with E-state index in [2.05, 4.69) is 20.0 Å². The number of H-pyrrole nitrogens is 1. The maximum Gasteiger partial charge on any atom is 0.327 e. The van der Waals surface area contributed by atoms with Gasteiger partial charge in [-0.1, -0.05) is 30.3 Å². The van der Waals surface area contributed by atoms with E-state index >= 15 is 0 Å². The molecular weight excluding hydrogens is 430 g/mol. The summed E-state index contributed by atoms with van der Waals surface area (Å²) in [6.45, 7) is 0.193. The molecule has 1 amide bonds. The minimum atomic E-state index is -3.62. The largest absolute Gasteiger partial charge is 0.351 e. The summed E-state index contributed by atoms with van der Waals surface area (Å²) in [5.74, 6) is -0.325. The predicted octanol–water partition coefficient (Wildman–Crippen LogP) is 1.64. The van der Waals surface area contributed by atoms with Gasteiger partial charge in [0.15, 0.2) is 5.65 Å². The molecule has 0 atom stereocenters. The molecule has 2 aromatic carbocycles. The standard InChI is InChI=1S/C22H21N5O4S/c1-27-19-13-17(14-24-20(19)26-22(27)29)15-6-5-7-16(12-15)21(28)23-10-11-25-32(30,31)18-8-3-2-4-9-18/h2-9,12-14,25H,10-11H2,1H3,(H,23,28)(H,24,26,29). The number of amides is 1. The van der Waals surface area contributed by atoms with Crippen molar-refractivity contribution in [1.82, 2.24) is 24.6 Å². The van der Waals surface area contributed by atoms with Crippen LogP contribution < -0.4 is 15.7 Å². The fourth-order valence-corrected chi connectivity index (χ4v) is 4.30. The molecular formula is C22H21N5O4S. The van der Waals surface area contributed by atoms with Gasteiger partial charge in [0.25, 0.3) is 5.91 Å². The molecule has 0 aliphatic heterocycles. The molecule has 32 heavy (non-hydrogen) atoms. The molecule has 0 unspecified atom stereocenters. The lowest BCUT2D eigenvalue weighted by Gasteiger charge is -2.09.